The lowest BCUT2D eigenvalue weighted by Crippen LogP contribution is -2.07. The fourth-order valence-electron chi connectivity index (χ4n) is 2.73. The van der Waals surface area contributed by atoms with Crippen molar-refractivity contribution in [2.75, 3.05) is 10.6 Å². The molecule has 2 aromatic carbocycles. The molecule has 0 amide bonds. The van der Waals surface area contributed by atoms with E-state index in [1.54, 1.807) is 6.20 Å². The molecular formula is C22H18ClN5. The topological polar surface area (TPSA) is 62.7 Å². The molecule has 5 nitrogen and oxygen atoms in total. The van der Waals surface area contributed by atoms with Gasteiger partial charge in [-0.15, -0.1) is 0 Å². The first-order valence-corrected chi connectivity index (χ1v) is 9.25. The molecule has 0 saturated heterocycles. The van der Waals surface area contributed by atoms with E-state index in [1.807, 2.05) is 78.9 Å². The highest BCUT2D eigenvalue weighted by molar-refractivity contribution is 6.30. The standard InChI is InChI=1S/C22H18ClN5/c23-17-9-6-11-18(13-17)26-21-14-20(16-7-2-1-3-8-16)27-22(28-21)25-15-19-10-4-5-12-24-19/h1-14H,15H2,(H2,25,26,27,28). The number of aromatic nitrogens is 3. The van der Waals surface area contributed by atoms with Crippen molar-refractivity contribution in [3.05, 3.63) is 95.8 Å². The summed E-state index contributed by atoms with van der Waals surface area (Å²) in [5.74, 6) is 1.20. The molecule has 2 N–H and O–H groups in total. The molecule has 0 atom stereocenters. The van der Waals surface area contributed by atoms with Crippen molar-refractivity contribution < 1.29 is 0 Å². The van der Waals surface area contributed by atoms with Crippen LogP contribution in [0, 0.1) is 0 Å². The smallest absolute Gasteiger partial charge is 0.225 e. The molecule has 0 unspecified atom stereocenters. The molecule has 0 fully saturated rings. The Morgan fingerprint density at radius 3 is 2.46 bits per heavy atom. The van der Waals surface area contributed by atoms with Crippen LogP contribution in [0.3, 0.4) is 0 Å². The van der Waals surface area contributed by atoms with Gasteiger partial charge in [-0.2, -0.15) is 4.98 Å². The van der Waals surface area contributed by atoms with Crippen molar-refractivity contribution in [3.63, 3.8) is 0 Å². The summed E-state index contributed by atoms with van der Waals surface area (Å²) < 4.78 is 0. The molecule has 2 aromatic heterocycles. The first-order chi connectivity index (χ1) is 13.8. The normalized spacial score (nSPS) is 10.5. The van der Waals surface area contributed by atoms with Crippen LogP contribution in [0.1, 0.15) is 5.69 Å². The molecule has 6 heteroatoms. The van der Waals surface area contributed by atoms with Gasteiger partial charge < -0.3 is 10.6 Å². The average molecular weight is 388 g/mol. The molecule has 0 aliphatic heterocycles. The third kappa shape index (κ3) is 4.64. The Balaban J connectivity index is 1.64. The summed E-state index contributed by atoms with van der Waals surface area (Å²) in [4.78, 5) is 13.6. The zero-order valence-electron chi connectivity index (χ0n) is 15.0. The Morgan fingerprint density at radius 1 is 0.821 bits per heavy atom. The Bertz CT molecular complexity index is 1050. The number of rotatable bonds is 6. The van der Waals surface area contributed by atoms with Gasteiger partial charge >= 0.3 is 0 Å². The van der Waals surface area contributed by atoms with Crippen molar-refractivity contribution in [1.29, 1.82) is 0 Å². The maximum Gasteiger partial charge on any atom is 0.225 e. The van der Waals surface area contributed by atoms with Crippen molar-refractivity contribution in [2.24, 2.45) is 0 Å². The second-order valence-corrected chi connectivity index (χ2v) is 6.57. The van der Waals surface area contributed by atoms with Gasteiger partial charge in [0, 0.05) is 28.5 Å². The summed E-state index contributed by atoms with van der Waals surface area (Å²) >= 11 is 6.10. The minimum atomic E-state index is 0.525. The second kappa shape index (κ2) is 8.50. The van der Waals surface area contributed by atoms with Crippen LogP contribution in [-0.4, -0.2) is 15.0 Å². The average Bonchev–Trinajstić information content (AvgIpc) is 2.74. The molecule has 0 radical (unpaired) electrons. The summed E-state index contributed by atoms with van der Waals surface area (Å²) in [6, 6.07) is 25.3. The zero-order valence-corrected chi connectivity index (χ0v) is 15.8. The highest BCUT2D eigenvalue weighted by atomic mass is 35.5. The predicted molar refractivity (Wildman–Crippen MR) is 114 cm³/mol. The van der Waals surface area contributed by atoms with E-state index in [-0.39, 0.29) is 0 Å². The van der Waals surface area contributed by atoms with E-state index in [4.69, 9.17) is 11.6 Å². The number of nitrogens with zero attached hydrogens (tertiary/aromatic N) is 3. The van der Waals surface area contributed by atoms with E-state index < -0.39 is 0 Å². The van der Waals surface area contributed by atoms with Crippen LogP contribution in [0.4, 0.5) is 17.5 Å². The Morgan fingerprint density at radius 2 is 1.68 bits per heavy atom. The van der Waals surface area contributed by atoms with E-state index in [2.05, 4.69) is 25.6 Å². The SMILES string of the molecule is Clc1cccc(Nc2cc(-c3ccccc3)nc(NCc3ccccn3)n2)c1. The molecule has 28 heavy (non-hydrogen) atoms. The predicted octanol–water partition coefficient (Wildman–Crippen LogP) is 5.55. The van der Waals surface area contributed by atoms with Crippen LogP contribution in [0.5, 0.6) is 0 Å². The van der Waals surface area contributed by atoms with Crippen molar-refractivity contribution in [2.45, 2.75) is 6.54 Å². The lowest BCUT2D eigenvalue weighted by molar-refractivity contribution is 1.00. The zero-order chi connectivity index (χ0) is 19.2. The van der Waals surface area contributed by atoms with E-state index in [0.29, 0.717) is 23.3 Å². The van der Waals surface area contributed by atoms with Crippen molar-refractivity contribution >= 4 is 29.1 Å². The fourth-order valence-corrected chi connectivity index (χ4v) is 2.92. The second-order valence-electron chi connectivity index (χ2n) is 6.14. The molecule has 0 aliphatic rings. The van der Waals surface area contributed by atoms with Crippen LogP contribution >= 0.6 is 11.6 Å². The molecular weight excluding hydrogens is 370 g/mol. The molecule has 0 bridgehead atoms. The summed E-state index contributed by atoms with van der Waals surface area (Å²) in [5.41, 5.74) is 3.62. The van der Waals surface area contributed by atoms with E-state index in [0.717, 1.165) is 22.6 Å². The number of hydrogen-bond acceptors (Lipinski definition) is 5. The maximum atomic E-state index is 6.10. The van der Waals surface area contributed by atoms with E-state index in [9.17, 15) is 0 Å². The summed E-state index contributed by atoms with van der Waals surface area (Å²) in [7, 11) is 0. The number of nitrogens with one attached hydrogen (secondary N) is 2. The number of halogens is 1. The van der Waals surface area contributed by atoms with Crippen LogP contribution < -0.4 is 10.6 Å². The maximum absolute atomic E-state index is 6.10. The lowest BCUT2D eigenvalue weighted by atomic mass is 10.1. The number of benzene rings is 2. The number of hydrogen-bond donors (Lipinski definition) is 2. The monoisotopic (exact) mass is 387 g/mol. The van der Waals surface area contributed by atoms with Gasteiger partial charge in [-0.05, 0) is 30.3 Å². The summed E-state index contributed by atoms with van der Waals surface area (Å²) in [5, 5.41) is 7.22. The molecule has 138 valence electrons. The van der Waals surface area contributed by atoms with Gasteiger partial charge in [-0.25, -0.2) is 4.98 Å². The van der Waals surface area contributed by atoms with Gasteiger partial charge in [0.2, 0.25) is 5.95 Å². The lowest BCUT2D eigenvalue weighted by Gasteiger charge is -2.12. The molecule has 4 aromatic rings. The van der Waals surface area contributed by atoms with Gasteiger partial charge in [-0.3, -0.25) is 4.98 Å². The minimum Gasteiger partial charge on any atom is -0.348 e. The molecule has 0 spiro atoms. The highest BCUT2D eigenvalue weighted by Gasteiger charge is 2.08. The third-order valence-corrected chi connectivity index (χ3v) is 4.28. The molecule has 4 rings (SSSR count). The van der Waals surface area contributed by atoms with E-state index in [1.165, 1.54) is 0 Å². The Labute approximate surface area is 168 Å². The van der Waals surface area contributed by atoms with Gasteiger partial charge in [0.05, 0.1) is 17.9 Å². The van der Waals surface area contributed by atoms with Crippen molar-refractivity contribution in [3.8, 4) is 11.3 Å². The van der Waals surface area contributed by atoms with Crippen LogP contribution in [0.15, 0.2) is 85.1 Å². The fraction of sp³-hybridized carbons (Fsp3) is 0.0455. The van der Waals surface area contributed by atoms with Gasteiger partial charge in [0.1, 0.15) is 5.82 Å². The largest absolute Gasteiger partial charge is 0.348 e. The van der Waals surface area contributed by atoms with E-state index >= 15 is 0 Å². The number of anilines is 3. The first-order valence-electron chi connectivity index (χ1n) is 8.87. The summed E-state index contributed by atoms with van der Waals surface area (Å²) in [6.45, 7) is 0.537. The first kappa shape index (κ1) is 17.9. The van der Waals surface area contributed by atoms with Gasteiger partial charge in [-0.1, -0.05) is 54.1 Å². The van der Waals surface area contributed by atoms with Gasteiger partial charge in [0.15, 0.2) is 0 Å². The van der Waals surface area contributed by atoms with Crippen molar-refractivity contribution in [1.82, 2.24) is 15.0 Å². The van der Waals surface area contributed by atoms with Crippen LogP contribution in [0.2, 0.25) is 5.02 Å². The quantitative estimate of drug-likeness (QED) is 0.454. The van der Waals surface area contributed by atoms with Gasteiger partial charge in [0.25, 0.3) is 0 Å². The molecule has 2 heterocycles. The molecule has 0 aliphatic carbocycles. The molecule has 0 saturated carbocycles. The van der Waals surface area contributed by atoms with Crippen LogP contribution in [-0.2, 0) is 6.54 Å². The highest BCUT2D eigenvalue weighted by Crippen LogP contribution is 2.24. The minimum absolute atomic E-state index is 0.525. The third-order valence-electron chi connectivity index (χ3n) is 4.05. The Kier molecular flexibility index (Phi) is 5.45. The Hall–Kier alpha value is -3.44. The number of pyridine rings is 1. The summed E-state index contributed by atoms with van der Waals surface area (Å²) in [6.07, 6.45) is 1.77. The van der Waals surface area contributed by atoms with Crippen LogP contribution in [0.25, 0.3) is 11.3 Å².